The summed E-state index contributed by atoms with van der Waals surface area (Å²) in [5.74, 6) is 0.911. The maximum atomic E-state index is 3.70. The first-order valence-corrected chi connectivity index (χ1v) is 4.64. The molecule has 0 heterocycles. The van der Waals surface area contributed by atoms with Gasteiger partial charge in [-0.1, -0.05) is 24.6 Å². The molecular formula is C11H18. The Kier molecular flexibility index (Phi) is 3.41. The molecule has 62 valence electrons. The Balaban J connectivity index is 1.92. The summed E-state index contributed by atoms with van der Waals surface area (Å²) in [4.78, 5) is 0. The van der Waals surface area contributed by atoms with E-state index >= 15 is 0 Å². The SMILES string of the molecule is C=CCCCCC=C1CC1C. The van der Waals surface area contributed by atoms with Gasteiger partial charge in [-0.25, -0.2) is 0 Å². The fourth-order valence-electron chi connectivity index (χ4n) is 1.30. The molecule has 0 saturated heterocycles. The topological polar surface area (TPSA) is 0 Å². The predicted molar refractivity (Wildman–Crippen MR) is 50.5 cm³/mol. The van der Waals surface area contributed by atoms with Crippen molar-refractivity contribution in [3.05, 3.63) is 24.3 Å². The van der Waals surface area contributed by atoms with Crippen molar-refractivity contribution < 1.29 is 0 Å². The van der Waals surface area contributed by atoms with Gasteiger partial charge in [-0.15, -0.1) is 6.58 Å². The van der Waals surface area contributed by atoms with E-state index in [1.807, 2.05) is 6.08 Å². The normalized spacial score (nSPS) is 25.5. The first kappa shape index (κ1) is 8.58. The summed E-state index contributed by atoms with van der Waals surface area (Å²) >= 11 is 0. The molecule has 0 N–H and O–H groups in total. The molecule has 0 aromatic heterocycles. The fraction of sp³-hybridized carbons (Fsp3) is 0.636. The van der Waals surface area contributed by atoms with E-state index in [9.17, 15) is 0 Å². The summed E-state index contributed by atoms with van der Waals surface area (Å²) in [5.41, 5.74) is 1.68. The van der Waals surface area contributed by atoms with Crippen molar-refractivity contribution in [3.63, 3.8) is 0 Å². The maximum Gasteiger partial charge on any atom is -0.0194 e. The highest BCUT2D eigenvalue weighted by Crippen LogP contribution is 2.37. The Morgan fingerprint density at radius 2 is 2.09 bits per heavy atom. The molecule has 0 heteroatoms. The number of rotatable bonds is 5. The van der Waals surface area contributed by atoms with Gasteiger partial charge in [-0.05, 0) is 38.0 Å². The Morgan fingerprint density at radius 1 is 1.45 bits per heavy atom. The monoisotopic (exact) mass is 150 g/mol. The molecule has 1 aliphatic carbocycles. The minimum absolute atomic E-state index is 0.911. The van der Waals surface area contributed by atoms with Gasteiger partial charge in [0.2, 0.25) is 0 Å². The zero-order valence-electron chi connectivity index (χ0n) is 7.47. The third-order valence-corrected chi connectivity index (χ3v) is 2.28. The minimum atomic E-state index is 0.911. The van der Waals surface area contributed by atoms with Crippen LogP contribution < -0.4 is 0 Å². The van der Waals surface area contributed by atoms with E-state index in [1.54, 1.807) is 5.57 Å². The second-order valence-corrected chi connectivity index (χ2v) is 3.46. The Hall–Kier alpha value is -0.520. The van der Waals surface area contributed by atoms with Gasteiger partial charge in [0.1, 0.15) is 0 Å². The predicted octanol–water partition coefficient (Wildman–Crippen LogP) is 3.70. The molecule has 0 bridgehead atoms. The maximum absolute atomic E-state index is 3.70. The second kappa shape index (κ2) is 4.38. The molecule has 1 unspecified atom stereocenters. The lowest BCUT2D eigenvalue weighted by molar-refractivity contribution is 0.761. The quantitative estimate of drug-likeness (QED) is 0.414. The van der Waals surface area contributed by atoms with Gasteiger partial charge in [-0.3, -0.25) is 0 Å². The molecule has 0 nitrogen and oxygen atoms in total. The molecule has 0 aromatic carbocycles. The van der Waals surface area contributed by atoms with Crippen molar-refractivity contribution in [3.8, 4) is 0 Å². The van der Waals surface area contributed by atoms with E-state index in [1.165, 1.54) is 32.1 Å². The van der Waals surface area contributed by atoms with Crippen molar-refractivity contribution in [1.29, 1.82) is 0 Å². The van der Waals surface area contributed by atoms with Gasteiger partial charge in [-0.2, -0.15) is 0 Å². The average Bonchev–Trinajstić information content (AvgIpc) is 2.67. The van der Waals surface area contributed by atoms with Crippen molar-refractivity contribution in [2.24, 2.45) is 5.92 Å². The molecular weight excluding hydrogens is 132 g/mol. The van der Waals surface area contributed by atoms with Gasteiger partial charge in [0.25, 0.3) is 0 Å². The van der Waals surface area contributed by atoms with Gasteiger partial charge in [0, 0.05) is 0 Å². The van der Waals surface area contributed by atoms with Crippen molar-refractivity contribution in [2.75, 3.05) is 0 Å². The molecule has 0 radical (unpaired) electrons. The zero-order chi connectivity index (χ0) is 8.10. The van der Waals surface area contributed by atoms with Crippen molar-refractivity contribution in [1.82, 2.24) is 0 Å². The number of hydrogen-bond donors (Lipinski definition) is 0. The van der Waals surface area contributed by atoms with Crippen LogP contribution in [-0.4, -0.2) is 0 Å². The van der Waals surface area contributed by atoms with Gasteiger partial charge >= 0.3 is 0 Å². The lowest BCUT2D eigenvalue weighted by atomic mass is 10.2. The highest BCUT2D eigenvalue weighted by atomic mass is 14.3. The third kappa shape index (κ3) is 3.41. The number of allylic oxidation sites excluding steroid dienone is 3. The highest BCUT2D eigenvalue weighted by Gasteiger charge is 2.22. The summed E-state index contributed by atoms with van der Waals surface area (Å²) in [5, 5.41) is 0. The van der Waals surface area contributed by atoms with Crippen LogP contribution in [0.1, 0.15) is 39.0 Å². The summed E-state index contributed by atoms with van der Waals surface area (Å²) in [6, 6.07) is 0. The lowest BCUT2D eigenvalue weighted by Crippen LogP contribution is -1.71. The van der Waals surface area contributed by atoms with Crippen LogP contribution >= 0.6 is 0 Å². The van der Waals surface area contributed by atoms with Crippen LogP contribution in [0, 0.1) is 5.92 Å². The zero-order valence-corrected chi connectivity index (χ0v) is 7.47. The van der Waals surface area contributed by atoms with E-state index in [0.29, 0.717) is 0 Å². The van der Waals surface area contributed by atoms with E-state index in [4.69, 9.17) is 0 Å². The smallest absolute Gasteiger partial charge is 0.0194 e. The van der Waals surface area contributed by atoms with Gasteiger partial charge in [0.15, 0.2) is 0 Å². The molecule has 1 atom stereocenters. The molecule has 0 spiro atoms. The van der Waals surface area contributed by atoms with Crippen LogP contribution in [0.4, 0.5) is 0 Å². The first-order valence-electron chi connectivity index (χ1n) is 4.64. The summed E-state index contributed by atoms with van der Waals surface area (Å²) < 4.78 is 0. The Morgan fingerprint density at radius 3 is 2.64 bits per heavy atom. The molecule has 0 amide bonds. The molecule has 1 fully saturated rings. The van der Waals surface area contributed by atoms with Crippen LogP contribution in [0.25, 0.3) is 0 Å². The van der Waals surface area contributed by atoms with Crippen LogP contribution in [0.15, 0.2) is 24.3 Å². The summed E-state index contributed by atoms with van der Waals surface area (Å²) in [7, 11) is 0. The van der Waals surface area contributed by atoms with Gasteiger partial charge < -0.3 is 0 Å². The van der Waals surface area contributed by atoms with Crippen molar-refractivity contribution in [2.45, 2.75) is 39.0 Å². The van der Waals surface area contributed by atoms with E-state index in [-0.39, 0.29) is 0 Å². The molecule has 1 rings (SSSR count). The van der Waals surface area contributed by atoms with Crippen LogP contribution in [0.3, 0.4) is 0 Å². The number of hydrogen-bond acceptors (Lipinski definition) is 0. The fourth-order valence-corrected chi connectivity index (χ4v) is 1.30. The van der Waals surface area contributed by atoms with Crippen LogP contribution in [-0.2, 0) is 0 Å². The Labute approximate surface area is 70.0 Å². The van der Waals surface area contributed by atoms with Gasteiger partial charge in [0.05, 0.1) is 0 Å². The molecule has 0 aromatic rings. The molecule has 0 aliphatic heterocycles. The average molecular weight is 150 g/mol. The molecule has 11 heavy (non-hydrogen) atoms. The number of unbranched alkanes of at least 4 members (excludes halogenated alkanes) is 3. The van der Waals surface area contributed by atoms with E-state index in [2.05, 4.69) is 19.6 Å². The highest BCUT2D eigenvalue weighted by molar-refractivity contribution is 5.21. The third-order valence-electron chi connectivity index (χ3n) is 2.28. The standard InChI is InChI=1S/C11H18/c1-3-4-5-6-7-8-11-9-10(11)2/h3,8,10H,1,4-7,9H2,2H3. The largest absolute Gasteiger partial charge is 0.103 e. The Bertz CT molecular complexity index is 153. The minimum Gasteiger partial charge on any atom is -0.103 e. The molecule has 1 aliphatic rings. The lowest BCUT2D eigenvalue weighted by Gasteiger charge is -1.90. The second-order valence-electron chi connectivity index (χ2n) is 3.46. The first-order chi connectivity index (χ1) is 5.34. The van der Waals surface area contributed by atoms with E-state index in [0.717, 1.165) is 5.92 Å². The van der Waals surface area contributed by atoms with Crippen LogP contribution in [0.5, 0.6) is 0 Å². The van der Waals surface area contributed by atoms with Crippen molar-refractivity contribution >= 4 is 0 Å². The van der Waals surface area contributed by atoms with Crippen LogP contribution in [0.2, 0.25) is 0 Å². The molecule has 1 saturated carbocycles. The summed E-state index contributed by atoms with van der Waals surface area (Å²) in [6.07, 6.45) is 10.9. The summed E-state index contributed by atoms with van der Waals surface area (Å²) in [6.45, 7) is 6.00. The van der Waals surface area contributed by atoms with E-state index < -0.39 is 0 Å².